The van der Waals surface area contributed by atoms with E-state index in [-0.39, 0.29) is 49.8 Å². The topological polar surface area (TPSA) is 142 Å². The van der Waals surface area contributed by atoms with Crippen molar-refractivity contribution in [1.82, 2.24) is 15.1 Å². The monoisotopic (exact) mass is 385 g/mol. The fourth-order valence-corrected chi connectivity index (χ4v) is 3.68. The predicted molar refractivity (Wildman–Crippen MR) is 95.8 cm³/mol. The number of fused-ring (bicyclic) bond motifs is 1. The second kappa shape index (κ2) is 6.63. The number of hydrogen-bond acceptors (Lipinski definition) is 5. The number of hydrogen-bond donors (Lipinski definition) is 3. The summed E-state index contributed by atoms with van der Waals surface area (Å²) in [5.41, 5.74) is 6.89. The van der Waals surface area contributed by atoms with Gasteiger partial charge in [0.15, 0.2) is 0 Å². The van der Waals surface area contributed by atoms with Crippen LogP contribution in [0.3, 0.4) is 0 Å². The molecular formula is C18H19N5O5. The fraction of sp³-hybridized carbons (Fsp3) is 0.389. The van der Waals surface area contributed by atoms with Gasteiger partial charge in [-0.15, -0.1) is 0 Å². The SMILES string of the molecule is NC(=O)C1CN(C(=O)Nc2ccc3c(c2)CN(C2CCC(=O)NC2=O)C3=O)C1. The standard InChI is InChI=1S/C18H19N5O5/c19-15(25)10-6-22(7-10)18(28)20-11-1-2-12-9(5-11)8-23(17(12)27)13-3-4-14(24)21-16(13)26/h1-2,5,10,13H,3-4,6-8H2,(H2,19,25)(H,20,28)(H,21,24,26). The highest BCUT2D eigenvalue weighted by Gasteiger charge is 2.39. The summed E-state index contributed by atoms with van der Waals surface area (Å²) in [5.74, 6) is -1.80. The minimum absolute atomic E-state index is 0.194. The summed E-state index contributed by atoms with van der Waals surface area (Å²) < 4.78 is 0. The van der Waals surface area contributed by atoms with E-state index in [1.807, 2.05) is 0 Å². The molecule has 146 valence electrons. The molecule has 28 heavy (non-hydrogen) atoms. The molecule has 2 saturated heterocycles. The van der Waals surface area contributed by atoms with Crippen LogP contribution in [0.15, 0.2) is 18.2 Å². The van der Waals surface area contributed by atoms with E-state index in [2.05, 4.69) is 10.6 Å². The van der Waals surface area contributed by atoms with Crippen LogP contribution >= 0.6 is 0 Å². The Morgan fingerprint density at radius 2 is 1.93 bits per heavy atom. The van der Waals surface area contributed by atoms with Crippen LogP contribution in [0.1, 0.15) is 28.8 Å². The molecular weight excluding hydrogens is 366 g/mol. The van der Waals surface area contributed by atoms with E-state index in [0.29, 0.717) is 23.2 Å². The minimum Gasteiger partial charge on any atom is -0.369 e. The highest BCUT2D eigenvalue weighted by molar-refractivity contribution is 6.05. The Morgan fingerprint density at radius 1 is 1.18 bits per heavy atom. The van der Waals surface area contributed by atoms with E-state index in [9.17, 15) is 24.0 Å². The van der Waals surface area contributed by atoms with Crippen LogP contribution in [0, 0.1) is 5.92 Å². The number of rotatable bonds is 3. The van der Waals surface area contributed by atoms with Gasteiger partial charge in [0.05, 0.1) is 5.92 Å². The maximum absolute atomic E-state index is 12.6. The number of nitrogens with zero attached hydrogens (tertiary/aromatic N) is 2. The van der Waals surface area contributed by atoms with E-state index in [4.69, 9.17) is 5.73 Å². The first-order chi connectivity index (χ1) is 13.3. The summed E-state index contributed by atoms with van der Waals surface area (Å²) in [5, 5.41) is 5.00. The Labute approximate surface area is 160 Å². The van der Waals surface area contributed by atoms with Crippen molar-refractivity contribution in [2.45, 2.75) is 25.4 Å². The van der Waals surface area contributed by atoms with Crippen molar-refractivity contribution >= 4 is 35.3 Å². The van der Waals surface area contributed by atoms with Crippen molar-refractivity contribution in [3.05, 3.63) is 29.3 Å². The zero-order chi connectivity index (χ0) is 20.0. The Morgan fingerprint density at radius 3 is 2.61 bits per heavy atom. The second-order valence-electron chi connectivity index (χ2n) is 7.21. The molecule has 1 unspecified atom stereocenters. The summed E-state index contributed by atoms with van der Waals surface area (Å²) in [4.78, 5) is 62.2. The van der Waals surface area contributed by atoms with Crippen molar-refractivity contribution in [3.63, 3.8) is 0 Å². The number of nitrogens with one attached hydrogen (secondary N) is 2. The van der Waals surface area contributed by atoms with Crippen LogP contribution in [0.4, 0.5) is 10.5 Å². The lowest BCUT2D eigenvalue weighted by Gasteiger charge is -2.37. The molecule has 2 fully saturated rings. The quantitative estimate of drug-likeness (QED) is 0.596. The van der Waals surface area contributed by atoms with Crippen LogP contribution in [-0.2, 0) is 20.9 Å². The highest BCUT2D eigenvalue weighted by Crippen LogP contribution is 2.29. The third-order valence-electron chi connectivity index (χ3n) is 5.35. The van der Waals surface area contributed by atoms with Crippen molar-refractivity contribution in [2.75, 3.05) is 18.4 Å². The molecule has 4 N–H and O–H groups in total. The van der Waals surface area contributed by atoms with Gasteiger partial charge in [-0.25, -0.2) is 4.79 Å². The van der Waals surface area contributed by atoms with Gasteiger partial charge in [0.1, 0.15) is 6.04 Å². The Hall–Kier alpha value is -3.43. The van der Waals surface area contributed by atoms with Crippen molar-refractivity contribution in [1.29, 1.82) is 0 Å². The summed E-state index contributed by atoms with van der Waals surface area (Å²) in [6.07, 6.45) is 0.490. The molecule has 3 aliphatic rings. The summed E-state index contributed by atoms with van der Waals surface area (Å²) in [6.45, 7) is 0.805. The molecule has 0 radical (unpaired) electrons. The number of imide groups is 1. The van der Waals surface area contributed by atoms with E-state index < -0.39 is 17.9 Å². The normalized spacial score (nSPS) is 21.9. The number of nitrogens with two attached hydrogens (primary N) is 1. The average molecular weight is 385 g/mol. The number of primary amides is 1. The lowest BCUT2D eigenvalue weighted by atomic mass is 10.0. The zero-order valence-electron chi connectivity index (χ0n) is 14.9. The molecule has 0 saturated carbocycles. The molecule has 0 bridgehead atoms. The van der Waals surface area contributed by atoms with Gasteiger partial charge in [-0.2, -0.15) is 0 Å². The zero-order valence-corrected chi connectivity index (χ0v) is 14.9. The smallest absolute Gasteiger partial charge is 0.321 e. The molecule has 4 rings (SSSR count). The molecule has 6 amide bonds. The van der Waals surface area contributed by atoms with Gasteiger partial charge in [-0.3, -0.25) is 24.5 Å². The van der Waals surface area contributed by atoms with Gasteiger partial charge in [-0.05, 0) is 30.2 Å². The molecule has 3 heterocycles. The summed E-state index contributed by atoms with van der Waals surface area (Å²) in [6, 6.07) is 3.91. The fourth-order valence-electron chi connectivity index (χ4n) is 3.68. The van der Waals surface area contributed by atoms with Gasteiger partial charge in [0.2, 0.25) is 17.7 Å². The number of amides is 6. The largest absolute Gasteiger partial charge is 0.369 e. The molecule has 1 aromatic rings. The third kappa shape index (κ3) is 3.06. The molecule has 0 aliphatic carbocycles. The Balaban J connectivity index is 1.43. The summed E-state index contributed by atoms with van der Waals surface area (Å²) in [7, 11) is 0. The molecule has 1 aromatic carbocycles. The van der Waals surface area contributed by atoms with Gasteiger partial charge in [0.25, 0.3) is 5.91 Å². The first kappa shape index (κ1) is 18.0. The van der Waals surface area contributed by atoms with Crippen LogP contribution < -0.4 is 16.4 Å². The molecule has 0 spiro atoms. The van der Waals surface area contributed by atoms with Gasteiger partial charge >= 0.3 is 6.03 Å². The number of benzene rings is 1. The van der Waals surface area contributed by atoms with E-state index in [0.717, 1.165) is 0 Å². The van der Waals surface area contributed by atoms with E-state index in [1.54, 1.807) is 18.2 Å². The number of likely N-dealkylation sites (tertiary alicyclic amines) is 1. The molecule has 3 aliphatic heterocycles. The first-order valence-corrected chi connectivity index (χ1v) is 8.96. The molecule has 10 nitrogen and oxygen atoms in total. The number of anilines is 1. The molecule has 0 aromatic heterocycles. The van der Waals surface area contributed by atoms with Crippen LogP contribution in [0.25, 0.3) is 0 Å². The maximum Gasteiger partial charge on any atom is 0.321 e. The number of carbonyl (C=O) groups excluding carboxylic acids is 5. The van der Waals surface area contributed by atoms with E-state index in [1.165, 1.54) is 9.80 Å². The summed E-state index contributed by atoms with van der Waals surface area (Å²) >= 11 is 0. The van der Waals surface area contributed by atoms with Crippen molar-refractivity contribution in [3.8, 4) is 0 Å². The minimum atomic E-state index is -0.678. The lowest BCUT2D eigenvalue weighted by Crippen LogP contribution is -2.56. The van der Waals surface area contributed by atoms with Gasteiger partial charge < -0.3 is 20.9 Å². The van der Waals surface area contributed by atoms with Crippen LogP contribution in [0.5, 0.6) is 0 Å². The third-order valence-corrected chi connectivity index (χ3v) is 5.35. The average Bonchev–Trinajstić information content (AvgIpc) is 2.89. The number of carbonyl (C=O) groups is 5. The van der Waals surface area contributed by atoms with Crippen molar-refractivity contribution in [2.24, 2.45) is 11.7 Å². The molecule has 1 atom stereocenters. The molecule has 10 heteroatoms. The van der Waals surface area contributed by atoms with Gasteiger partial charge in [0, 0.05) is 37.3 Å². The number of piperidine rings is 1. The van der Waals surface area contributed by atoms with Crippen LogP contribution in [-0.4, -0.2) is 58.6 Å². The predicted octanol–water partition coefficient (Wildman–Crippen LogP) is -0.603. The first-order valence-electron chi connectivity index (χ1n) is 8.96. The highest BCUT2D eigenvalue weighted by atomic mass is 16.2. The lowest BCUT2D eigenvalue weighted by molar-refractivity contribution is -0.137. The Kier molecular flexibility index (Phi) is 4.25. The van der Waals surface area contributed by atoms with Crippen molar-refractivity contribution < 1.29 is 24.0 Å². The van der Waals surface area contributed by atoms with E-state index >= 15 is 0 Å². The van der Waals surface area contributed by atoms with Gasteiger partial charge in [-0.1, -0.05) is 0 Å². The van der Waals surface area contributed by atoms with Crippen LogP contribution in [0.2, 0.25) is 0 Å². The number of urea groups is 1. The maximum atomic E-state index is 12.6. The second-order valence-corrected chi connectivity index (χ2v) is 7.21. The Bertz CT molecular complexity index is 908.